The highest BCUT2D eigenvalue weighted by atomic mass is 16.3. The molecule has 1 unspecified atom stereocenters. The summed E-state index contributed by atoms with van der Waals surface area (Å²) in [6, 6.07) is 20.7. The molecule has 1 aliphatic rings. The van der Waals surface area contributed by atoms with Gasteiger partial charge < -0.3 is 14.6 Å². The first-order valence-electron chi connectivity index (χ1n) is 10.0. The molecule has 5 heteroatoms. The van der Waals surface area contributed by atoms with Crippen LogP contribution in [-0.2, 0) is 13.0 Å². The summed E-state index contributed by atoms with van der Waals surface area (Å²) in [5.74, 6) is 0.165. The molecule has 0 saturated heterocycles. The lowest BCUT2D eigenvalue weighted by atomic mass is 9.96. The SMILES string of the molecule is CN(C)c1ccc(C(CNC(=O)c2ccco2)N2CCc3ccccc3C2)cc1. The topological polar surface area (TPSA) is 48.7 Å². The van der Waals surface area contributed by atoms with E-state index < -0.39 is 0 Å². The van der Waals surface area contributed by atoms with E-state index in [0.29, 0.717) is 12.3 Å². The zero-order valence-corrected chi connectivity index (χ0v) is 17.0. The Labute approximate surface area is 171 Å². The average molecular weight is 389 g/mol. The molecule has 1 N–H and O–H groups in total. The lowest BCUT2D eigenvalue weighted by Crippen LogP contribution is -2.40. The van der Waals surface area contributed by atoms with E-state index in [0.717, 1.165) is 25.2 Å². The van der Waals surface area contributed by atoms with E-state index in [9.17, 15) is 4.79 Å². The predicted octanol–water partition coefficient (Wildman–Crippen LogP) is 3.88. The van der Waals surface area contributed by atoms with Gasteiger partial charge in [-0.2, -0.15) is 0 Å². The van der Waals surface area contributed by atoms with Gasteiger partial charge in [0, 0.05) is 39.4 Å². The van der Waals surface area contributed by atoms with Gasteiger partial charge in [-0.3, -0.25) is 9.69 Å². The minimum Gasteiger partial charge on any atom is -0.459 e. The molecule has 0 saturated carbocycles. The standard InChI is InChI=1S/C24H27N3O2/c1-26(2)21-11-9-19(10-12-21)22(16-25-24(28)23-8-5-15-29-23)27-14-13-18-6-3-4-7-20(18)17-27/h3-12,15,22H,13-14,16-17H2,1-2H3,(H,25,28). The number of benzene rings is 2. The van der Waals surface area contributed by atoms with Crippen LogP contribution in [0.3, 0.4) is 0 Å². The van der Waals surface area contributed by atoms with Crippen LogP contribution in [0.25, 0.3) is 0 Å². The molecule has 3 aromatic rings. The van der Waals surface area contributed by atoms with Gasteiger partial charge in [-0.25, -0.2) is 0 Å². The van der Waals surface area contributed by atoms with Crippen molar-refractivity contribution in [2.75, 3.05) is 32.1 Å². The van der Waals surface area contributed by atoms with E-state index in [1.54, 1.807) is 12.1 Å². The van der Waals surface area contributed by atoms with Crippen LogP contribution in [0.5, 0.6) is 0 Å². The first-order valence-corrected chi connectivity index (χ1v) is 10.0. The second-order valence-corrected chi connectivity index (χ2v) is 7.68. The zero-order valence-electron chi connectivity index (χ0n) is 17.0. The summed E-state index contributed by atoms with van der Waals surface area (Å²) < 4.78 is 5.24. The third-order valence-electron chi connectivity index (χ3n) is 5.60. The molecule has 2 aromatic carbocycles. The summed E-state index contributed by atoms with van der Waals surface area (Å²) in [6.45, 7) is 2.38. The summed E-state index contributed by atoms with van der Waals surface area (Å²) in [7, 11) is 4.08. The van der Waals surface area contributed by atoms with Crippen molar-refractivity contribution >= 4 is 11.6 Å². The third-order valence-corrected chi connectivity index (χ3v) is 5.60. The Morgan fingerprint density at radius 3 is 2.52 bits per heavy atom. The molecule has 1 aromatic heterocycles. The molecule has 5 nitrogen and oxygen atoms in total. The summed E-state index contributed by atoms with van der Waals surface area (Å²) in [5, 5.41) is 3.06. The smallest absolute Gasteiger partial charge is 0.287 e. The Bertz CT molecular complexity index is 949. The largest absolute Gasteiger partial charge is 0.459 e. The normalized spacial score (nSPS) is 14.8. The number of carbonyl (C=O) groups is 1. The van der Waals surface area contributed by atoms with E-state index in [4.69, 9.17) is 4.42 Å². The highest BCUT2D eigenvalue weighted by molar-refractivity contribution is 5.91. The second-order valence-electron chi connectivity index (χ2n) is 7.68. The van der Waals surface area contributed by atoms with Gasteiger partial charge in [0.2, 0.25) is 0 Å². The van der Waals surface area contributed by atoms with Gasteiger partial charge in [-0.15, -0.1) is 0 Å². The Hall–Kier alpha value is -3.05. The van der Waals surface area contributed by atoms with Crippen molar-refractivity contribution in [1.29, 1.82) is 0 Å². The van der Waals surface area contributed by atoms with E-state index in [1.807, 2.05) is 14.1 Å². The maximum Gasteiger partial charge on any atom is 0.287 e. The van der Waals surface area contributed by atoms with Crippen molar-refractivity contribution < 1.29 is 9.21 Å². The lowest BCUT2D eigenvalue weighted by Gasteiger charge is -2.36. The van der Waals surface area contributed by atoms with Gasteiger partial charge in [0.25, 0.3) is 5.91 Å². The fourth-order valence-corrected chi connectivity index (χ4v) is 3.92. The number of anilines is 1. The molecule has 2 heterocycles. The molecule has 4 rings (SSSR count). The molecule has 1 atom stereocenters. The van der Waals surface area contributed by atoms with E-state index in [1.165, 1.54) is 23.0 Å². The number of nitrogens with zero attached hydrogens (tertiary/aromatic N) is 2. The predicted molar refractivity (Wildman–Crippen MR) is 115 cm³/mol. The van der Waals surface area contributed by atoms with Crippen LogP contribution in [0.15, 0.2) is 71.3 Å². The lowest BCUT2D eigenvalue weighted by molar-refractivity contribution is 0.0900. The van der Waals surface area contributed by atoms with Gasteiger partial charge in [0.05, 0.1) is 12.3 Å². The van der Waals surface area contributed by atoms with Crippen LogP contribution < -0.4 is 10.2 Å². The maximum absolute atomic E-state index is 12.4. The van der Waals surface area contributed by atoms with Crippen LogP contribution in [0, 0.1) is 0 Å². The number of carbonyl (C=O) groups excluding carboxylic acids is 1. The van der Waals surface area contributed by atoms with Gasteiger partial charge >= 0.3 is 0 Å². The van der Waals surface area contributed by atoms with E-state index in [-0.39, 0.29) is 11.9 Å². The van der Waals surface area contributed by atoms with Crippen LogP contribution in [0.1, 0.15) is 33.3 Å². The molecule has 0 fully saturated rings. The molecular formula is C24H27N3O2. The van der Waals surface area contributed by atoms with Crippen molar-refractivity contribution in [1.82, 2.24) is 10.2 Å². The second kappa shape index (κ2) is 8.53. The number of amides is 1. The van der Waals surface area contributed by atoms with Crippen molar-refractivity contribution in [2.45, 2.75) is 19.0 Å². The number of hydrogen-bond donors (Lipinski definition) is 1. The quantitative estimate of drug-likeness (QED) is 0.695. The minimum atomic E-state index is -0.178. The third kappa shape index (κ3) is 4.35. The number of hydrogen-bond acceptors (Lipinski definition) is 4. The fraction of sp³-hybridized carbons (Fsp3) is 0.292. The van der Waals surface area contributed by atoms with Crippen LogP contribution in [-0.4, -0.2) is 38.0 Å². The van der Waals surface area contributed by atoms with Crippen molar-refractivity contribution in [2.24, 2.45) is 0 Å². The van der Waals surface area contributed by atoms with Crippen LogP contribution >= 0.6 is 0 Å². The Morgan fingerprint density at radius 2 is 1.83 bits per heavy atom. The first kappa shape index (κ1) is 19.3. The molecular weight excluding hydrogens is 362 g/mol. The highest BCUT2D eigenvalue weighted by Gasteiger charge is 2.25. The molecule has 0 aliphatic carbocycles. The van der Waals surface area contributed by atoms with Gasteiger partial charge in [-0.05, 0) is 47.4 Å². The summed E-state index contributed by atoms with van der Waals surface area (Å²) in [6.07, 6.45) is 2.54. The number of furan rings is 1. The fourth-order valence-electron chi connectivity index (χ4n) is 3.92. The van der Waals surface area contributed by atoms with Crippen molar-refractivity contribution in [3.05, 3.63) is 89.4 Å². The molecule has 29 heavy (non-hydrogen) atoms. The van der Waals surface area contributed by atoms with Crippen molar-refractivity contribution in [3.63, 3.8) is 0 Å². The van der Waals surface area contributed by atoms with Crippen LogP contribution in [0.2, 0.25) is 0 Å². The molecule has 1 amide bonds. The van der Waals surface area contributed by atoms with E-state index >= 15 is 0 Å². The molecule has 0 bridgehead atoms. The van der Waals surface area contributed by atoms with E-state index in [2.05, 4.69) is 63.6 Å². The molecule has 150 valence electrons. The number of fused-ring (bicyclic) bond motifs is 1. The minimum absolute atomic E-state index is 0.0958. The zero-order chi connectivity index (χ0) is 20.2. The summed E-state index contributed by atoms with van der Waals surface area (Å²) in [4.78, 5) is 17.0. The Balaban J connectivity index is 1.56. The Kier molecular flexibility index (Phi) is 5.67. The maximum atomic E-state index is 12.4. The van der Waals surface area contributed by atoms with Gasteiger partial charge in [0.15, 0.2) is 5.76 Å². The van der Waals surface area contributed by atoms with Crippen molar-refractivity contribution in [3.8, 4) is 0 Å². The number of nitrogens with one attached hydrogen (secondary N) is 1. The Morgan fingerprint density at radius 1 is 1.07 bits per heavy atom. The summed E-state index contributed by atoms with van der Waals surface area (Å²) in [5.41, 5.74) is 5.15. The highest BCUT2D eigenvalue weighted by Crippen LogP contribution is 2.28. The van der Waals surface area contributed by atoms with Gasteiger partial charge in [0.1, 0.15) is 0 Å². The number of rotatable bonds is 6. The molecule has 0 radical (unpaired) electrons. The van der Waals surface area contributed by atoms with Gasteiger partial charge in [-0.1, -0.05) is 36.4 Å². The monoisotopic (exact) mass is 389 g/mol. The first-order chi connectivity index (χ1) is 14.1. The summed E-state index contributed by atoms with van der Waals surface area (Å²) >= 11 is 0. The molecule has 0 spiro atoms. The average Bonchev–Trinajstić information content (AvgIpc) is 3.29. The van der Waals surface area contributed by atoms with Crippen LogP contribution in [0.4, 0.5) is 5.69 Å². The molecule has 1 aliphatic heterocycles.